The van der Waals surface area contributed by atoms with Crippen LogP contribution in [0.25, 0.3) is 0 Å². The highest BCUT2D eigenvalue weighted by Gasteiger charge is 2.35. The normalized spacial score (nSPS) is 14.1. The lowest BCUT2D eigenvalue weighted by atomic mass is 9.96. The van der Waals surface area contributed by atoms with Crippen LogP contribution in [0.1, 0.15) is 44.7 Å². The molecule has 0 aliphatic heterocycles. The van der Waals surface area contributed by atoms with Crippen LogP contribution in [-0.2, 0) is 27.2 Å². The van der Waals surface area contributed by atoms with Crippen LogP contribution >= 0.6 is 23.2 Å². The summed E-state index contributed by atoms with van der Waals surface area (Å²) in [5.74, 6) is -1.86. The Morgan fingerprint density at radius 1 is 0.900 bits per heavy atom. The molecule has 0 aliphatic carbocycles. The van der Waals surface area contributed by atoms with E-state index in [1.807, 2.05) is 37.3 Å². The van der Waals surface area contributed by atoms with Crippen molar-refractivity contribution in [1.29, 1.82) is 0 Å². The molecule has 0 saturated heterocycles. The third-order valence-electron chi connectivity index (χ3n) is 6.22. The number of rotatable bonds is 15. The topological polar surface area (TPSA) is 137 Å². The van der Waals surface area contributed by atoms with E-state index in [0.29, 0.717) is 36.5 Å². The summed E-state index contributed by atoms with van der Waals surface area (Å²) >= 11 is 12.2. The second-order valence-electron chi connectivity index (χ2n) is 9.88. The number of aliphatic hydroxyl groups is 2. The Morgan fingerprint density at radius 2 is 1.60 bits per heavy atom. The molecule has 0 saturated carbocycles. The molecule has 0 spiro atoms. The summed E-state index contributed by atoms with van der Waals surface area (Å²) in [6.07, 6.45) is -3.30. The fourth-order valence-electron chi connectivity index (χ4n) is 3.91. The first kappa shape index (κ1) is 33.4. The lowest BCUT2D eigenvalue weighted by Crippen LogP contribution is -2.56. The van der Waals surface area contributed by atoms with Crippen LogP contribution in [0.15, 0.2) is 48.5 Å². The Hall–Kier alpha value is -2.85. The number of unbranched alkanes of at least 4 members (excludes halogenated alkanes) is 1. The molecule has 2 aromatic carbocycles. The van der Waals surface area contributed by atoms with Crippen LogP contribution in [0.5, 0.6) is 0 Å². The Morgan fingerprint density at radius 3 is 2.23 bits per heavy atom. The second-order valence-corrected chi connectivity index (χ2v) is 10.7. The summed E-state index contributed by atoms with van der Waals surface area (Å²) < 4.78 is 5.43. The van der Waals surface area contributed by atoms with Crippen molar-refractivity contribution in [3.8, 4) is 0 Å². The molecule has 2 rings (SSSR count). The third kappa shape index (κ3) is 11.0. The Bertz CT molecular complexity index is 1100. The Labute approximate surface area is 245 Å². The number of aliphatic hydroxyl groups excluding tert-OH is 2. The van der Waals surface area contributed by atoms with Gasteiger partial charge < -0.3 is 30.9 Å². The predicted molar refractivity (Wildman–Crippen MR) is 155 cm³/mol. The molecule has 0 aliphatic rings. The van der Waals surface area contributed by atoms with Gasteiger partial charge in [-0.1, -0.05) is 86.8 Å². The monoisotopic (exact) mass is 595 g/mol. The molecule has 9 nitrogen and oxygen atoms in total. The molecule has 4 unspecified atom stereocenters. The lowest BCUT2D eigenvalue weighted by Gasteiger charge is -2.30. The molecule has 220 valence electrons. The maximum absolute atomic E-state index is 13.3. The third-order valence-corrected chi connectivity index (χ3v) is 6.96. The van der Waals surface area contributed by atoms with Gasteiger partial charge >= 0.3 is 6.09 Å². The van der Waals surface area contributed by atoms with Gasteiger partial charge in [0.25, 0.3) is 11.8 Å². The number of halogens is 2. The van der Waals surface area contributed by atoms with E-state index in [1.54, 1.807) is 32.0 Å². The van der Waals surface area contributed by atoms with E-state index in [-0.39, 0.29) is 11.4 Å². The maximum Gasteiger partial charge on any atom is 0.407 e. The molecule has 0 aromatic heterocycles. The van der Waals surface area contributed by atoms with Gasteiger partial charge in [-0.2, -0.15) is 0 Å². The van der Waals surface area contributed by atoms with Gasteiger partial charge in [0.05, 0.1) is 16.1 Å². The van der Waals surface area contributed by atoms with Crippen molar-refractivity contribution in [3.05, 3.63) is 69.7 Å². The smallest absolute Gasteiger partial charge is 0.407 e. The van der Waals surface area contributed by atoms with Gasteiger partial charge in [-0.15, -0.1) is 0 Å². The van der Waals surface area contributed by atoms with Gasteiger partial charge in [-0.25, -0.2) is 4.79 Å². The van der Waals surface area contributed by atoms with Gasteiger partial charge in [0.15, 0.2) is 12.2 Å². The van der Waals surface area contributed by atoms with Crippen LogP contribution in [0, 0.1) is 5.92 Å². The van der Waals surface area contributed by atoms with Crippen LogP contribution in [0.3, 0.4) is 0 Å². The predicted octanol–water partition coefficient (Wildman–Crippen LogP) is 3.65. The summed E-state index contributed by atoms with van der Waals surface area (Å²) in [4.78, 5) is 38.2. The highest BCUT2D eigenvalue weighted by atomic mass is 35.5. The van der Waals surface area contributed by atoms with Gasteiger partial charge in [-0.3, -0.25) is 9.59 Å². The van der Waals surface area contributed by atoms with Gasteiger partial charge in [0, 0.05) is 13.1 Å². The largest absolute Gasteiger partial charge is 0.436 e. The van der Waals surface area contributed by atoms with Crippen molar-refractivity contribution >= 4 is 41.1 Å². The van der Waals surface area contributed by atoms with Crippen molar-refractivity contribution in [2.75, 3.05) is 13.1 Å². The summed E-state index contributed by atoms with van der Waals surface area (Å²) in [6.45, 7) is 6.03. The summed E-state index contributed by atoms with van der Waals surface area (Å²) in [5.41, 5.74) is 1.63. The first-order chi connectivity index (χ1) is 19.0. The number of carbonyl (C=O) groups is 3. The molecular weight excluding hydrogens is 557 g/mol. The van der Waals surface area contributed by atoms with E-state index in [4.69, 9.17) is 27.9 Å². The fraction of sp³-hybridized carbons (Fsp3) is 0.483. The standard InChI is InChI=1S/C29H39Cl2N3O6/c1-4-5-14-32-27(37)25(36)24(35)23(17-20-11-12-21(30)22(31)16-20)34-28(38)26(18(2)3)40-29(39)33-15-13-19-9-7-6-8-10-19/h6-12,16,18,23-26,35-36H,4-5,13-15,17H2,1-3H3,(H,32,37)(H,33,39)(H,34,38). The molecule has 40 heavy (non-hydrogen) atoms. The zero-order valence-corrected chi connectivity index (χ0v) is 24.5. The number of nitrogens with one attached hydrogen (secondary N) is 3. The first-order valence-corrected chi connectivity index (χ1v) is 14.2. The lowest BCUT2D eigenvalue weighted by molar-refractivity contribution is -0.140. The quantitative estimate of drug-likeness (QED) is 0.199. The number of ether oxygens (including phenoxy) is 1. The summed E-state index contributed by atoms with van der Waals surface area (Å²) in [6, 6.07) is 13.3. The molecule has 2 aromatic rings. The molecule has 11 heteroatoms. The number of amides is 3. The van der Waals surface area contributed by atoms with Gasteiger partial charge in [0.1, 0.15) is 6.10 Å². The van der Waals surface area contributed by atoms with Gasteiger partial charge in [-0.05, 0) is 48.4 Å². The summed E-state index contributed by atoms with van der Waals surface area (Å²) in [5, 5.41) is 30.0. The summed E-state index contributed by atoms with van der Waals surface area (Å²) in [7, 11) is 0. The van der Waals surface area contributed by atoms with Crippen LogP contribution in [-0.4, -0.2) is 65.6 Å². The number of benzene rings is 2. The van der Waals surface area contributed by atoms with Crippen molar-refractivity contribution in [2.45, 2.75) is 70.8 Å². The number of carbonyl (C=O) groups excluding carboxylic acids is 3. The van der Waals surface area contributed by atoms with E-state index in [0.717, 1.165) is 12.0 Å². The molecule has 5 N–H and O–H groups in total. The Balaban J connectivity index is 2.12. The van der Waals surface area contributed by atoms with E-state index in [9.17, 15) is 24.6 Å². The zero-order valence-electron chi connectivity index (χ0n) is 23.0. The Kier molecular flexibility index (Phi) is 14.2. The minimum Gasteiger partial charge on any atom is -0.436 e. The van der Waals surface area contributed by atoms with Crippen LogP contribution in [0.4, 0.5) is 4.79 Å². The SMILES string of the molecule is CCCCNC(=O)C(O)C(O)C(Cc1ccc(Cl)c(Cl)c1)NC(=O)C(OC(=O)NCCc1ccccc1)C(C)C. The number of hydrogen-bond acceptors (Lipinski definition) is 6. The molecule has 0 radical (unpaired) electrons. The van der Waals surface area contributed by atoms with Gasteiger partial charge in [0.2, 0.25) is 0 Å². The average Bonchev–Trinajstić information content (AvgIpc) is 2.93. The van der Waals surface area contributed by atoms with Crippen LogP contribution in [0.2, 0.25) is 10.0 Å². The first-order valence-electron chi connectivity index (χ1n) is 13.4. The molecule has 0 bridgehead atoms. The molecule has 3 amide bonds. The minimum atomic E-state index is -1.82. The number of hydrogen-bond donors (Lipinski definition) is 5. The average molecular weight is 597 g/mol. The number of alkyl carbamates (subject to hydrolysis) is 1. The van der Waals surface area contributed by atoms with E-state index >= 15 is 0 Å². The zero-order chi connectivity index (χ0) is 29.7. The second kappa shape index (κ2) is 17.1. The minimum absolute atomic E-state index is 0.0111. The van der Waals surface area contributed by atoms with Crippen molar-refractivity contribution in [2.24, 2.45) is 5.92 Å². The molecule has 0 heterocycles. The highest BCUT2D eigenvalue weighted by Crippen LogP contribution is 2.24. The molecule has 4 atom stereocenters. The molecular formula is C29H39Cl2N3O6. The molecule has 0 fully saturated rings. The fourth-order valence-corrected chi connectivity index (χ4v) is 4.23. The van der Waals surface area contributed by atoms with Crippen molar-refractivity contribution in [1.82, 2.24) is 16.0 Å². The van der Waals surface area contributed by atoms with E-state index in [1.165, 1.54) is 0 Å². The maximum atomic E-state index is 13.3. The van der Waals surface area contributed by atoms with Crippen molar-refractivity contribution in [3.63, 3.8) is 0 Å². The van der Waals surface area contributed by atoms with Crippen molar-refractivity contribution < 1.29 is 29.3 Å². The van der Waals surface area contributed by atoms with Crippen LogP contribution < -0.4 is 16.0 Å². The van der Waals surface area contributed by atoms with E-state index < -0.39 is 48.2 Å². The van der Waals surface area contributed by atoms with E-state index in [2.05, 4.69) is 16.0 Å². The highest BCUT2D eigenvalue weighted by molar-refractivity contribution is 6.42.